The highest BCUT2D eigenvalue weighted by molar-refractivity contribution is 5.96. The average Bonchev–Trinajstić information content (AvgIpc) is 2.76. The van der Waals surface area contributed by atoms with E-state index in [1.807, 2.05) is 19.1 Å². The van der Waals surface area contributed by atoms with Crippen molar-refractivity contribution in [2.24, 2.45) is 0 Å². The number of carbonyl (C=O) groups excluding carboxylic acids is 2. The van der Waals surface area contributed by atoms with E-state index in [2.05, 4.69) is 5.32 Å². The molecule has 0 aromatic heterocycles. The predicted molar refractivity (Wildman–Crippen MR) is 75.3 cm³/mol. The van der Waals surface area contributed by atoms with Gasteiger partial charge in [-0.1, -0.05) is 17.7 Å². The Morgan fingerprint density at radius 2 is 2.20 bits per heavy atom. The minimum Gasteiger partial charge on any atom is -0.388 e. The molecule has 1 saturated heterocycles. The lowest BCUT2D eigenvalue weighted by Crippen LogP contribution is -2.40. The quantitative estimate of drug-likeness (QED) is 0.854. The summed E-state index contributed by atoms with van der Waals surface area (Å²) < 4.78 is 0. The van der Waals surface area contributed by atoms with Gasteiger partial charge in [-0.2, -0.15) is 0 Å². The first-order chi connectivity index (χ1) is 9.37. The first-order valence-corrected chi connectivity index (χ1v) is 6.72. The number of aliphatic hydroxyl groups is 1. The van der Waals surface area contributed by atoms with Crippen molar-refractivity contribution >= 4 is 11.8 Å². The van der Waals surface area contributed by atoms with Crippen LogP contribution in [0.25, 0.3) is 0 Å². The number of likely N-dealkylation sites (tertiary alicyclic amines) is 1. The minimum atomic E-state index is -0.809. The monoisotopic (exact) mass is 276 g/mol. The summed E-state index contributed by atoms with van der Waals surface area (Å²) in [5, 5.41) is 12.4. The second-order valence-corrected chi connectivity index (χ2v) is 5.61. The highest BCUT2D eigenvalue weighted by Crippen LogP contribution is 2.19. The van der Waals surface area contributed by atoms with Crippen LogP contribution in [0.5, 0.6) is 0 Å². The number of aryl methyl sites for hydroxylation is 1. The summed E-state index contributed by atoms with van der Waals surface area (Å²) in [4.78, 5) is 25.4. The third-order valence-corrected chi connectivity index (χ3v) is 3.48. The summed E-state index contributed by atoms with van der Waals surface area (Å²) in [6.45, 7) is 4.45. The van der Waals surface area contributed by atoms with E-state index >= 15 is 0 Å². The van der Waals surface area contributed by atoms with Crippen molar-refractivity contribution in [3.63, 3.8) is 0 Å². The molecule has 0 bridgehead atoms. The first kappa shape index (κ1) is 14.5. The highest BCUT2D eigenvalue weighted by Gasteiger charge is 2.33. The number of nitrogens with one attached hydrogen (secondary N) is 1. The molecule has 20 heavy (non-hydrogen) atoms. The number of carbonyl (C=O) groups is 2. The van der Waals surface area contributed by atoms with Crippen LogP contribution in [-0.4, -0.2) is 47.1 Å². The largest absolute Gasteiger partial charge is 0.388 e. The van der Waals surface area contributed by atoms with Crippen LogP contribution in [0.3, 0.4) is 0 Å². The van der Waals surface area contributed by atoms with Gasteiger partial charge in [-0.25, -0.2) is 0 Å². The summed E-state index contributed by atoms with van der Waals surface area (Å²) in [5.74, 6) is -0.420. The molecular formula is C15H20N2O3. The van der Waals surface area contributed by atoms with Crippen LogP contribution in [-0.2, 0) is 4.79 Å². The molecule has 0 saturated carbocycles. The van der Waals surface area contributed by atoms with Crippen LogP contribution in [0, 0.1) is 6.92 Å². The van der Waals surface area contributed by atoms with Gasteiger partial charge in [-0.15, -0.1) is 0 Å². The zero-order chi connectivity index (χ0) is 14.8. The molecule has 2 N–H and O–H groups in total. The number of rotatable bonds is 3. The molecule has 0 spiro atoms. The number of amides is 2. The van der Waals surface area contributed by atoms with Gasteiger partial charge in [0.15, 0.2) is 0 Å². The maximum Gasteiger partial charge on any atom is 0.251 e. The fourth-order valence-corrected chi connectivity index (χ4v) is 2.31. The summed E-state index contributed by atoms with van der Waals surface area (Å²) >= 11 is 0. The van der Waals surface area contributed by atoms with Crippen LogP contribution in [0.15, 0.2) is 24.3 Å². The van der Waals surface area contributed by atoms with E-state index in [0.717, 1.165) is 5.56 Å². The Balaban J connectivity index is 1.86. The maximum absolute atomic E-state index is 11.9. The topological polar surface area (TPSA) is 69.6 Å². The summed E-state index contributed by atoms with van der Waals surface area (Å²) in [7, 11) is 0. The van der Waals surface area contributed by atoms with Crippen molar-refractivity contribution in [1.82, 2.24) is 10.2 Å². The van der Waals surface area contributed by atoms with Gasteiger partial charge in [0.1, 0.15) is 0 Å². The Morgan fingerprint density at radius 1 is 1.45 bits per heavy atom. The zero-order valence-electron chi connectivity index (χ0n) is 11.8. The van der Waals surface area contributed by atoms with Crippen LogP contribution in [0.1, 0.15) is 29.3 Å². The van der Waals surface area contributed by atoms with Gasteiger partial charge in [-0.3, -0.25) is 9.59 Å². The molecule has 1 aliphatic rings. The number of β-amino-alcohol motifs (C(OH)–C–C–N with tert-alkyl or cyclic N) is 1. The SMILES string of the molecule is Cc1cccc(C(=O)NCC(=O)N2CCC(C)(O)C2)c1. The lowest BCUT2D eigenvalue weighted by atomic mass is 10.1. The van der Waals surface area contributed by atoms with E-state index in [-0.39, 0.29) is 18.4 Å². The zero-order valence-corrected chi connectivity index (χ0v) is 11.8. The number of hydrogen-bond acceptors (Lipinski definition) is 3. The van der Waals surface area contributed by atoms with Gasteiger partial charge in [0.2, 0.25) is 5.91 Å². The molecule has 2 rings (SSSR count). The lowest BCUT2D eigenvalue weighted by molar-refractivity contribution is -0.129. The number of benzene rings is 1. The van der Waals surface area contributed by atoms with Crippen LogP contribution in [0.2, 0.25) is 0 Å². The standard InChI is InChI=1S/C15H20N2O3/c1-11-4-3-5-12(8-11)14(19)16-9-13(18)17-7-6-15(2,20)10-17/h3-5,8,20H,6-7,9-10H2,1-2H3,(H,16,19). The van der Waals surface area contributed by atoms with Gasteiger partial charge < -0.3 is 15.3 Å². The van der Waals surface area contributed by atoms with Crippen molar-refractivity contribution in [2.75, 3.05) is 19.6 Å². The van der Waals surface area contributed by atoms with E-state index in [0.29, 0.717) is 25.1 Å². The van der Waals surface area contributed by atoms with Crippen LogP contribution in [0.4, 0.5) is 0 Å². The van der Waals surface area contributed by atoms with Crippen molar-refractivity contribution in [2.45, 2.75) is 25.9 Å². The third-order valence-electron chi connectivity index (χ3n) is 3.48. The Morgan fingerprint density at radius 3 is 2.80 bits per heavy atom. The lowest BCUT2D eigenvalue weighted by Gasteiger charge is -2.19. The fourth-order valence-electron chi connectivity index (χ4n) is 2.31. The molecule has 0 aliphatic carbocycles. The van der Waals surface area contributed by atoms with Crippen molar-refractivity contribution in [3.05, 3.63) is 35.4 Å². The molecule has 1 aliphatic heterocycles. The molecule has 1 aromatic rings. The van der Waals surface area contributed by atoms with E-state index < -0.39 is 5.60 Å². The first-order valence-electron chi connectivity index (χ1n) is 6.72. The second-order valence-electron chi connectivity index (χ2n) is 5.61. The minimum absolute atomic E-state index is 0.0388. The smallest absolute Gasteiger partial charge is 0.251 e. The third kappa shape index (κ3) is 3.57. The predicted octanol–water partition coefficient (Wildman–Crippen LogP) is 0.708. The Kier molecular flexibility index (Phi) is 4.09. The second kappa shape index (κ2) is 5.63. The van der Waals surface area contributed by atoms with Gasteiger partial charge in [0.25, 0.3) is 5.91 Å². The fraction of sp³-hybridized carbons (Fsp3) is 0.467. The molecule has 5 nitrogen and oxygen atoms in total. The normalized spacial score (nSPS) is 21.9. The van der Waals surface area contributed by atoms with Crippen molar-refractivity contribution < 1.29 is 14.7 Å². The molecule has 1 atom stereocenters. The molecule has 0 radical (unpaired) electrons. The van der Waals surface area contributed by atoms with E-state index in [1.165, 1.54) is 0 Å². The Bertz CT molecular complexity index is 526. The number of hydrogen-bond donors (Lipinski definition) is 2. The molecule has 1 aromatic carbocycles. The average molecular weight is 276 g/mol. The number of nitrogens with zero attached hydrogens (tertiary/aromatic N) is 1. The molecule has 1 fully saturated rings. The van der Waals surface area contributed by atoms with E-state index in [4.69, 9.17) is 0 Å². The molecule has 1 unspecified atom stereocenters. The molecule has 1 heterocycles. The summed E-state index contributed by atoms with van der Waals surface area (Å²) in [6, 6.07) is 7.21. The Labute approximate surface area is 118 Å². The van der Waals surface area contributed by atoms with Crippen molar-refractivity contribution in [3.8, 4) is 0 Å². The van der Waals surface area contributed by atoms with E-state index in [1.54, 1.807) is 24.0 Å². The summed E-state index contributed by atoms with van der Waals surface area (Å²) in [6.07, 6.45) is 0.574. The Hall–Kier alpha value is -1.88. The van der Waals surface area contributed by atoms with Crippen LogP contribution >= 0.6 is 0 Å². The maximum atomic E-state index is 11.9. The molecule has 2 amide bonds. The highest BCUT2D eigenvalue weighted by atomic mass is 16.3. The summed E-state index contributed by atoms with van der Waals surface area (Å²) in [5.41, 5.74) is 0.738. The molecule has 5 heteroatoms. The van der Waals surface area contributed by atoms with Gasteiger partial charge >= 0.3 is 0 Å². The van der Waals surface area contributed by atoms with Crippen molar-refractivity contribution in [1.29, 1.82) is 0 Å². The van der Waals surface area contributed by atoms with Gasteiger partial charge in [0.05, 0.1) is 12.1 Å². The van der Waals surface area contributed by atoms with Crippen LogP contribution < -0.4 is 5.32 Å². The molecule has 108 valence electrons. The van der Waals surface area contributed by atoms with E-state index in [9.17, 15) is 14.7 Å². The van der Waals surface area contributed by atoms with Gasteiger partial charge in [-0.05, 0) is 32.4 Å². The van der Waals surface area contributed by atoms with Gasteiger partial charge in [0, 0.05) is 18.7 Å². The molecular weight excluding hydrogens is 256 g/mol.